The van der Waals surface area contributed by atoms with Crippen LogP contribution < -0.4 is 14.4 Å². The Morgan fingerprint density at radius 1 is 1.03 bits per heavy atom. The first-order valence-electron chi connectivity index (χ1n) is 9.54. The van der Waals surface area contributed by atoms with Gasteiger partial charge in [0, 0.05) is 0 Å². The van der Waals surface area contributed by atoms with E-state index in [9.17, 15) is 13.2 Å². The van der Waals surface area contributed by atoms with Crippen molar-refractivity contribution in [3.63, 3.8) is 0 Å². The minimum absolute atomic E-state index is 0.278. The Morgan fingerprint density at radius 3 is 2.24 bits per heavy atom. The molecule has 1 N–H and O–H groups in total. The molecule has 0 spiro atoms. The summed E-state index contributed by atoms with van der Waals surface area (Å²) in [5, 5.41) is 2.77. The zero-order valence-corrected chi connectivity index (χ0v) is 18.8. The highest BCUT2D eigenvalue weighted by Crippen LogP contribution is 2.26. The number of hydrogen-bond acceptors (Lipinski definition) is 4. The Hall–Kier alpha value is -2.54. The molecular weight excluding hydrogens is 388 g/mol. The molecule has 0 radical (unpaired) electrons. The van der Waals surface area contributed by atoms with E-state index >= 15 is 0 Å². The van der Waals surface area contributed by atoms with Crippen molar-refractivity contribution < 1.29 is 17.9 Å². The Bertz CT molecular complexity index is 966. The van der Waals surface area contributed by atoms with Gasteiger partial charge in [-0.3, -0.25) is 9.10 Å². The number of amides is 1. The van der Waals surface area contributed by atoms with Crippen LogP contribution in [-0.4, -0.2) is 39.8 Å². The Balaban J connectivity index is 2.05. The molecule has 6 nitrogen and oxygen atoms in total. The number of anilines is 1. The minimum atomic E-state index is -3.64. The first-order chi connectivity index (χ1) is 13.5. The van der Waals surface area contributed by atoms with E-state index in [0.29, 0.717) is 12.3 Å². The zero-order valence-electron chi connectivity index (χ0n) is 17.9. The lowest BCUT2D eigenvalue weighted by molar-refractivity contribution is -0.121. The number of rotatable bonds is 8. The van der Waals surface area contributed by atoms with Gasteiger partial charge in [0.2, 0.25) is 15.9 Å². The number of benzene rings is 2. The Kier molecular flexibility index (Phi) is 7.30. The van der Waals surface area contributed by atoms with Crippen molar-refractivity contribution in [1.82, 2.24) is 5.32 Å². The van der Waals surface area contributed by atoms with Crippen molar-refractivity contribution in [2.45, 2.75) is 40.7 Å². The summed E-state index contributed by atoms with van der Waals surface area (Å²) < 4.78 is 31.8. The average Bonchev–Trinajstić information content (AvgIpc) is 2.59. The van der Waals surface area contributed by atoms with Gasteiger partial charge in [0.15, 0.2) is 0 Å². The lowest BCUT2D eigenvalue weighted by atomic mass is 10.1. The lowest BCUT2D eigenvalue weighted by Crippen LogP contribution is -2.48. The molecule has 0 aliphatic heterocycles. The fourth-order valence-corrected chi connectivity index (χ4v) is 4.47. The SMILES string of the molecule is Cc1cc(C)cc(OCCNC(=O)[C@H](C)N(c2cc(C)ccc2C)S(C)(=O)=O)c1. The molecule has 0 bridgehead atoms. The number of ether oxygens (including phenoxy) is 1. The molecule has 158 valence electrons. The van der Waals surface area contributed by atoms with Gasteiger partial charge in [-0.2, -0.15) is 0 Å². The van der Waals surface area contributed by atoms with Crippen LogP contribution in [0.4, 0.5) is 5.69 Å². The molecule has 2 rings (SSSR count). The third-order valence-corrected chi connectivity index (χ3v) is 5.78. The molecular formula is C22H30N2O4S. The molecule has 0 aromatic heterocycles. The van der Waals surface area contributed by atoms with E-state index in [0.717, 1.165) is 34.3 Å². The summed E-state index contributed by atoms with van der Waals surface area (Å²) in [6.07, 6.45) is 1.11. The van der Waals surface area contributed by atoms with Crippen LogP contribution in [0.5, 0.6) is 5.75 Å². The first kappa shape index (κ1) is 22.7. The number of nitrogens with one attached hydrogen (secondary N) is 1. The molecule has 0 saturated heterocycles. The van der Waals surface area contributed by atoms with E-state index in [1.807, 2.05) is 52.0 Å². The van der Waals surface area contributed by atoms with Crippen molar-refractivity contribution in [3.05, 3.63) is 58.7 Å². The second-order valence-electron chi connectivity index (χ2n) is 7.49. The molecule has 0 unspecified atom stereocenters. The largest absolute Gasteiger partial charge is 0.492 e. The number of carbonyl (C=O) groups is 1. The smallest absolute Gasteiger partial charge is 0.243 e. The van der Waals surface area contributed by atoms with Crippen LogP contribution in [0.15, 0.2) is 36.4 Å². The van der Waals surface area contributed by atoms with Gasteiger partial charge < -0.3 is 10.1 Å². The second kappa shape index (κ2) is 9.31. The van der Waals surface area contributed by atoms with E-state index in [-0.39, 0.29) is 12.5 Å². The fourth-order valence-electron chi connectivity index (χ4n) is 3.24. The van der Waals surface area contributed by atoms with Gasteiger partial charge in [-0.15, -0.1) is 0 Å². The van der Waals surface area contributed by atoms with Crippen LogP contribution in [0, 0.1) is 27.7 Å². The zero-order chi connectivity index (χ0) is 21.8. The van der Waals surface area contributed by atoms with E-state index in [1.54, 1.807) is 13.0 Å². The number of hydrogen-bond donors (Lipinski definition) is 1. The maximum atomic E-state index is 12.6. The summed E-state index contributed by atoms with van der Waals surface area (Å²) in [6.45, 7) is 9.87. The van der Waals surface area contributed by atoms with Gasteiger partial charge >= 0.3 is 0 Å². The normalized spacial score (nSPS) is 12.3. The molecule has 7 heteroatoms. The monoisotopic (exact) mass is 418 g/mol. The van der Waals surface area contributed by atoms with Gasteiger partial charge in [-0.1, -0.05) is 18.2 Å². The fraction of sp³-hybridized carbons (Fsp3) is 0.409. The molecule has 0 heterocycles. The van der Waals surface area contributed by atoms with Crippen molar-refractivity contribution in [1.29, 1.82) is 0 Å². The second-order valence-corrected chi connectivity index (χ2v) is 9.35. The summed E-state index contributed by atoms with van der Waals surface area (Å²) in [5.74, 6) is 0.373. The Labute approximate surface area is 173 Å². The first-order valence-corrected chi connectivity index (χ1v) is 11.4. The van der Waals surface area contributed by atoms with E-state index < -0.39 is 16.1 Å². The van der Waals surface area contributed by atoms with Crippen molar-refractivity contribution in [3.8, 4) is 5.75 Å². The summed E-state index contributed by atoms with van der Waals surface area (Å²) in [5.41, 5.74) is 4.44. The van der Waals surface area contributed by atoms with Gasteiger partial charge in [0.25, 0.3) is 0 Å². The van der Waals surface area contributed by atoms with Crippen LogP contribution in [-0.2, 0) is 14.8 Å². The molecule has 2 aromatic carbocycles. The topological polar surface area (TPSA) is 75.7 Å². The van der Waals surface area contributed by atoms with E-state index in [2.05, 4.69) is 11.4 Å². The minimum Gasteiger partial charge on any atom is -0.492 e. The summed E-state index contributed by atoms with van der Waals surface area (Å²) >= 11 is 0. The number of nitrogens with zero attached hydrogens (tertiary/aromatic N) is 1. The molecule has 1 amide bonds. The third-order valence-electron chi connectivity index (χ3n) is 4.56. The average molecular weight is 419 g/mol. The van der Waals surface area contributed by atoms with E-state index in [1.165, 1.54) is 4.31 Å². The van der Waals surface area contributed by atoms with Gasteiger partial charge in [-0.05, 0) is 75.1 Å². The maximum absolute atomic E-state index is 12.6. The maximum Gasteiger partial charge on any atom is 0.243 e. The summed E-state index contributed by atoms with van der Waals surface area (Å²) in [6, 6.07) is 10.6. The molecule has 0 aliphatic carbocycles. The summed E-state index contributed by atoms with van der Waals surface area (Å²) in [4.78, 5) is 12.6. The molecule has 0 fully saturated rings. The number of aryl methyl sites for hydroxylation is 4. The van der Waals surface area contributed by atoms with Gasteiger partial charge in [0.1, 0.15) is 18.4 Å². The van der Waals surface area contributed by atoms with E-state index in [4.69, 9.17) is 4.74 Å². The van der Waals surface area contributed by atoms with Crippen molar-refractivity contribution in [2.24, 2.45) is 0 Å². The van der Waals surface area contributed by atoms with Crippen molar-refractivity contribution in [2.75, 3.05) is 23.7 Å². The highest BCUT2D eigenvalue weighted by Gasteiger charge is 2.30. The van der Waals surface area contributed by atoms with Gasteiger partial charge in [-0.25, -0.2) is 8.42 Å². The van der Waals surface area contributed by atoms with Crippen LogP contribution >= 0.6 is 0 Å². The Morgan fingerprint density at radius 2 is 1.66 bits per heavy atom. The number of sulfonamides is 1. The predicted molar refractivity (Wildman–Crippen MR) is 117 cm³/mol. The highest BCUT2D eigenvalue weighted by molar-refractivity contribution is 7.92. The standard InChI is InChI=1S/C22H30N2O4S/c1-15-7-8-18(4)21(14-15)24(29(6,26)27)19(5)22(25)23-9-10-28-20-12-16(2)11-17(3)13-20/h7-8,11-14,19H,9-10H2,1-6H3,(H,23,25)/t19-/m0/s1. The third kappa shape index (κ3) is 6.22. The molecule has 2 aromatic rings. The van der Waals surface area contributed by atoms with Crippen molar-refractivity contribution >= 4 is 21.6 Å². The lowest BCUT2D eigenvalue weighted by Gasteiger charge is -2.29. The molecule has 29 heavy (non-hydrogen) atoms. The van der Waals surface area contributed by atoms with Crippen LogP contribution in [0.25, 0.3) is 0 Å². The quantitative estimate of drug-likeness (QED) is 0.668. The predicted octanol–water partition coefficient (Wildman–Crippen LogP) is 3.27. The molecule has 0 aliphatic rings. The molecule has 1 atom stereocenters. The summed E-state index contributed by atoms with van der Waals surface area (Å²) in [7, 11) is -3.64. The highest BCUT2D eigenvalue weighted by atomic mass is 32.2. The molecule has 0 saturated carbocycles. The van der Waals surface area contributed by atoms with Crippen LogP contribution in [0.2, 0.25) is 0 Å². The number of carbonyl (C=O) groups excluding carboxylic acids is 1. The van der Waals surface area contributed by atoms with Crippen LogP contribution in [0.1, 0.15) is 29.2 Å². The van der Waals surface area contributed by atoms with Crippen LogP contribution in [0.3, 0.4) is 0 Å². The van der Waals surface area contributed by atoms with Gasteiger partial charge in [0.05, 0.1) is 18.5 Å².